The second-order valence-corrected chi connectivity index (χ2v) is 9.19. The third-order valence-electron chi connectivity index (χ3n) is 5.94. The zero-order valence-corrected chi connectivity index (χ0v) is 19.9. The summed E-state index contributed by atoms with van der Waals surface area (Å²) in [6, 6.07) is 17.3. The average Bonchev–Trinajstić information content (AvgIpc) is 2.96. The van der Waals surface area contributed by atoms with Gasteiger partial charge in [0.05, 0.1) is 10.7 Å². The molecule has 1 amide bonds. The van der Waals surface area contributed by atoms with E-state index < -0.39 is 5.60 Å². The fourth-order valence-electron chi connectivity index (χ4n) is 4.23. The third kappa shape index (κ3) is 3.51. The highest BCUT2D eigenvalue weighted by molar-refractivity contribution is 14.1. The number of hydrogen-bond acceptors (Lipinski definition) is 3. The highest BCUT2D eigenvalue weighted by Crippen LogP contribution is 2.48. The number of carbonyl (C=O) groups excluding carboxylic acids is 1. The van der Waals surface area contributed by atoms with Crippen LogP contribution < -0.4 is 4.90 Å². The predicted molar refractivity (Wildman–Crippen MR) is 131 cm³/mol. The van der Waals surface area contributed by atoms with E-state index in [2.05, 4.69) is 41.3 Å². The molecule has 0 saturated heterocycles. The molecule has 1 atom stereocenters. The Hall–Kier alpha value is -1.67. The Balaban J connectivity index is 1.84. The van der Waals surface area contributed by atoms with Gasteiger partial charge in [-0.3, -0.25) is 4.79 Å². The molecule has 4 rings (SSSR count). The van der Waals surface area contributed by atoms with Gasteiger partial charge in [0.2, 0.25) is 0 Å². The normalized spacial score (nSPS) is 18.5. The SMILES string of the molecule is CCN(CC)CCN1C(=O)C(O)(c2ccc3ccccc3c2)c2c(Cl)cc(I)cc21. The van der Waals surface area contributed by atoms with Crippen molar-refractivity contribution in [2.75, 3.05) is 31.1 Å². The molecule has 156 valence electrons. The Morgan fingerprint density at radius 2 is 1.77 bits per heavy atom. The van der Waals surface area contributed by atoms with Crippen molar-refractivity contribution in [1.82, 2.24) is 4.90 Å². The Labute approximate surface area is 195 Å². The van der Waals surface area contributed by atoms with Gasteiger partial charge in [0.1, 0.15) is 0 Å². The summed E-state index contributed by atoms with van der Waals surface area (Å²) < 4.78 is 0.930. The van der Waals surface area contributed by atoms with Crippen LogP contribution in [0, 0.1) is 3.57 Å². The number of carbonyl (C=O) groups is 1. The highest BCUT2D eigenvalue weighted by atomic mass is 127. The standard InChI is InChI=1S/C24H24ClIN2O2/c1-3-27(4-2)11-12-28-21-15-19(26)14-20(25)22(21)24(30,23(28)29)18-10-9-16-7-5-6-8-17(16)13-18/h5-10,13-15,30H,3-4,11-12H2,1-2H3. The van der Waals surface area contributed by atoms with Crippen molar-refractivity contribution in [3.05, 3.63) is 74.3 Å². The van der Waals surface area contributed by atoms with Gasteiger partial charge in [-0.1, -0.05) is 61.8 Å². The van der Waals surface area contributed by atoms with E-state index in [-0.39, 0.29) is 5.91 Å². The minimum Gasteiger partial charge on any atom is -0.372 e. The van der Waals surface area contributed by atoms with Gasteiger partial charge >= 0.3 is 0 Å². The summed E-state index contributed by atoms with van der Waals surface area (Å²) in [5.41, 5.74) is -0.0886. The third-order valence-corrected chi connectivity index (χ3v) is 6.86. The van der Waals surface area contributed by atoms with Crippen LogP contribution in [0.15, 0.2) is 54.6 Å². The monoisotopic (exact) mass is 534 g/mol. The van der Waals surface area contributed by atoms with Crippen molar-refractivity contribution in [1.29, 1.82) is 0 Å². The molecule has 0 aromatic heterocycles. The minimum atomic E-state index is -1.80. The second-order valence-electron chi connectivity index (χ2n) is 7.54. The maximum Gasteiger partial charge on any atom is 0.268 e. The van der Waals surface area contributed by atoms with Crippen molar-refractivity contribution in [3.63, 3.8) is 0 Å². The first kappa shape index (κ1) is 21.6. The van der Waals surface area contributed by atoms with Gasteiger partial charge in [0.25, 0.3) is 5.91 Å². The molecule has 1 N–H and O–H groups in total. The number of halogens is 2. The van der Waals surface area contributed by atoms with E-state index in [9.17, 15) is 9.90 Å². The summed E-state index contributed by atoms with van der Waals surface area (Å²) >= 11 is 8.82. The summed E-state index contributed by atoms with van der Waals surface area (Å²) in [4.78, 5) is 17.6. The molecule has 4 nitrogen and oxygen atoms in total. The first-order chi connectivity index (χ1) is 14.4. The molecule has 30 heavy (non-hydrogen) atoms. The molecule has 3 aromatic carbocycles. The lowest BCUT2D eigenvalue weighted by atomic mass is 9.86. The predicted octanol–water partition coefficient (Wildman–Crippen LogP) is 5.02. The average molecular weight is 535 g/mol. The molecule has 1 unspecified atom stereocenters. The lowest BCUT2D eigenvalue weighted by molar-refractivity contribution is -0.132. The van der Waals surface area contributed by atoms with Crippen molar-refractivity contribution < 1.29 is 9.90 Å². The molecule has 1 heterocycles. The van der Waals surface area contributed by atoms with E-state index in [1.165, 1.54) is 0 Å². The first-order valence-electron chi connectivity index (χ1n) is 10.2. The van der Waals surface area contributed by atoms with E-state index in [0.717, 1.165) is 34.0 Å². The van der Waals surface area contributed by atoms with Crippen LogP contribution in [0.5, 0.6) is 0 Å². The Kier molecular flexibility index (Phi) is 6.08. The van der Waals surface area contributed by atoms with Gasteiger partial charge in [-0.25, -0.2) is 0 Å². The topological polar surface area (TPSA) is 43.8 Å². The fourth-order valence-corrected chi connectivity index (χ4v) is 5.37. The minimum absolute atomic E-state index is 0.344. The summed E-state index contributed by atoms with van der Waals surface area (Å²) in [6.07, 6.45) is 0. The van der Waals surface area contributed by atoms with Gasteiger partial charge in [-0.15, -0.1) is 0 Å². The molecule has 0 fully saturated rings. The van der Waals surface area contributed by atoms with E-state index >= 15 is 0 Å². The Morgan fingerprint density at radius 3 is 2.47 bits per heavy atom. The van der Waals surface area contributed by atoms with Gasteiger partial charge in [0, 0.05) is 22.2 Å². The van der Waals surface area contributed by atoms with E-state index in [4.69, 9.17) is 11.6 Å². The van der Waals surface area contributed by atoms with Gasteiger partial charge in [0.15, 0.2) is 5.60 Å². The van der Waals surface area contributed by atoms with Crippen LogP contribution >= 0.6 is 34.2 Å². The molecule has 1 aliphatic heterocycles. The maximum absolute atomic E-state index is 13.7. The number of benzene rings is 3. The Morgan fingerprint density at radius 1 is 1.07 bits per heavy atom. The van der Waals surface area contributed by atoms with Gasteiger partial charge in [-0.2, -0.15) is 0 Å². The number of hydrogen-bond donors (Lipinski definition) is 1. The second kappa shape index (κ2) is 8.46. The summed E-state index contributed by atoms with van der Waals surface area (Å²) in [5, 5.41) is 14.3. The molecule has 0 bridgehead atoms. The number of amides is 1. The van der Waals surface area contributed by atoms with Crippen LogP contribution in [0.1, 0.15) is 25.0 Å². The number of rotatable bonds is 6. The number of anilines is 1. The number of fused-ring (bicyclic) bond motifs is 2. The quantitative estimate of drug-likeness (QED) is 0.452. The van der Waals surface area contributed by atoms with E-state index in [1.54, 1.807) is 11.0 Å². The molecular weight excluding hydrogens is 511 g/mol. The zero-order valence-electron chi connectivity index (χ0n) is 17.0. The molecule has 0 radical (unpaired) electrons. The highest BCUT2D eigenvalue weighted by Gasteiger charge is 2.52. The lowest BCUT2D eigenvalue weighted by Crippen LogP contribution is -2.44. The van der Waals surface area contributed by atoms with Crippen molar-refractivity contribution in [3.8, 4) is 0 Å². The molecule has 0 spiro atoms. The fraction of sp³-hybridized carbons (Fsp3) is 0.292. The molecular formula is C24H24ClIN2O2. The van der Waals surface area contributed by atoms with E-state index in [0.29, 0.717) is 28.4 Å². The number of likely N-dealkylation sites (N-methyl/N-ethyl adjacent to an activating group) is 1. The van der Waals surface area contributed by atoms with Crippen LogP contribution in [0.3, 0.4) is 0 Å². The smallest absolute Gasteiger partial charge is 0.268 e. The molecule has 0 aliphatic carbocycles. The van der Waals surface area contributed by atoms with Crippen molar-refractivity contribution in [2.45, 2.75) is 19.4 Å². The van der Waals surface area contributed by atoms with Gasteiger partial charge in [-0.05, 0) is 70.2 Å². The molecule has 3 aromatic rings. The van der Waals surface area contributed by atoms with Crippen LogP contribution in [0.4, 0.5) is 5.69 Å². The first-order valence-corrected chi connectivity index (χ1v) is 11.6. The summed E-state index contributed by atoms with van der Waals surface area (Å²) in [7, 11) is 0. The van der Waals surface area contributed by atoms with E-state index in [1.807, 2.05) is 48.5 Å². The molecule has 6 heteroatoms. The van der Waals surface area contributed by atoms with Gasteiger partial charge < -0.3 is 14.9 Å². The van der Waals surface area contributed by atoms with Crippen LogP contribution in [0.25, 0.3) is 10.8 Å². The van der Waals surface area contributed by atoms with Crippen molar-refractivity contribution in [2.24, 2.45) is 0 Å². The largest absolute Gasteiger partial charge is 0.372 e. The number of nitrogens with zero attached hydrogens (tertiary/aromatic N) is 2. The van der Waals surface area contributed by atoms with Crippen LogP contribution in [-0.4, -0.2) is 42.1 Å². The Bertz CT molecular complexity index is 1120. The zero-order chi connectivity index (χ0) is 21.5. The van der Waals surface area contributed by atoms with Crippen LogP contribution in [0.2, 0.25) is 5.02 Å². The lowest BCUT2D eigenvalue weighted by Gasteiger charge is -2.26. The molecule has 1 aliphatic rings. The number of aliphatic hydroxyl groups is 1. The van der Waals surface area contributed by atoms with Crippen LogP contribution in [-0.2, 0) is 10.4 Å². The molecule has 0 saturated carbocycles. The maximum atomic E-state index is 13.7. The summed E-state index contributed by atoms with van der Waals surface area (Å²) in [6.45, 7) is 7.26. The summed E-state index contributed by atoms with van der Waals surface area (Å²) in [5.74, 6) is -0.344. The van der Waals surface area contributed by atoms with Crippen molar-refractivity contribution >= 4 is 56.6 Å².